The molecule has 0 spiro atoms. The molecule has 3 aromatic carbocycles. The lowest BCUT2D eigenvalue weighted by molar-refractivity contribution is -0.123. The van der Waals surface area contributed by atoms with Crippen LogP contribution < -0.4 is 20.2 Å². The Morgan fingerprint density at radius 1 is 1.05 bits per heavy atom. The van der Waals surface area contributed by atoms with Crippen LogP contribution in [0.2, 0.25) is 5.02 Å². The summed E-state index contributed by atoms with van der Waals surface area (Å²) in [6.45, 7) is 6.14. The fraction of sp³-hybridized carbons (Fsp3) is 0.241. The van der Waals surface area contributed by atoms with Crippen molar-refractivity contribution in [2.24, 2.45) is 11.0 Å². The number of hydrogen-bond donors (Lipinski definition) is 2. The van der Waals surface area contributed by atoms with E-state index < -0.39 is 17.9 Å². The number of amides is 2. The Balaban J connectivity index is 1.66. The van der Waals surface area contributed by atoms with Crippen LogP contribution in [0.3, 0.4) is 0 Å². The number of hydrogen-bond acceptors (Lipinski definition) is 6. The molecule has 0 aliphatic carbocycles. The molecule has 9 heteroatoms. The predicted octanol–water partition coefficient (Wildman–Crippen LogP) is 5.09. The Bertz CT molecular complexity index is 1350. The number of nitrogens with zero attached hydrogens (tertiary/aromatic N) is 2. The zero-order chi connectivity index (χ0) is 27.5. The molecule has 0 aliphatic heterocycles. The molecule has 196 valence electrons. The van der Waals surface area contributed by atoms with Crippen molar-refractivity contribution in [1.29, 1.82) is 5.26 Å². The summed E-state index contributed by atoms with van der Waals surface area (Å²) in [6, 6.07) is 20.4. The molecule has 0 radical (unpaired) electrons. The van der Waals surface area contributed by atoms with Gasteiger partial charge in [-0.3, -0.25) is 9.59 Å². The summed E-state index contributed by atoms with van der Waals surface area (Å²) in [4.78, 5) is 25.4. The molecule has 1 atom stereocenters. The highest BCUT2D eigenvalue weighted by atomic mass is 35.5. The van der Waals surface area contributed by atoms with Gasteiger partial charge in [0.2, 0.25) is 0 Å². The maximum absolute atomic E-state index is 12.8. The monoisotopic (exact) mass is 532 g/mol. The maximum Gasteiger partial charge on any atom is 0.262 e. The number of rotatable bonds is 11. The van der Waals surface area contributed by atoms with Gasteiger partial charge in [-0.25, -0.2) is 5.43 Å². The molecule has 1 unspecified atom stereocenters. The molecule has 2 amide bonds. The summed E-state index contributed by atoms with van der Waals surface area (Å²) in [6.07, 6.45) is 1.47. The molecule has 38 heavy (non-hydrogen) atoms. The molecule has 2 N–H and O–H groups in total. The second-order valence-corrected chi connectivity index (χ2v) is 9.01. The lowest BCUT2D eigenvalue weighted by Gasteiger charge is -2.20. The molecule has 8 nitrogen and oxygen atoms in total. The molecule has 3 rings (SSSR count). The number of carbonyl (C=O) groups is 2. The van der Waals surface area contributed by atoms with Gasteiger partial charge in [-0.05, 0) is 54.8 Å². The summed E-state index contributed by atoms with van der Waals surface area (Å²) in [7, 11) is 0. The first kappa shape index (κ1) is 28.2. The highest BCUT2D eigenvalue weighted by molar-refractivity contribution is 6.33. The highest BCUT2D eigenvalue weighted by Gasteiger charge is 2.25. The quantitative estimate of drug-likeness (QED) is 0.264. The van der Waals surface area contributed by atoms with E-state index in [-0.39, 0.29) is 18.1 Å². The van der Waals surface area contributed by atoms with Gasteiger partial charge in [-0.15, -0.1) is 0 Å². The topological polar surface area (TPSA) is 113 Å². The van der Waals surface area contributed by atoms with Crippen molar-refractivity contribution in [3.63, 3.8) is 0 Å². The van der Waals surface area contributed by atoms with Crippen LogP contribution in [-0.4, -0.2) is 30.7 Å². The largest absolute Gasteiger partial charge is 0.490 e. The van der Waals surface area contributed by atoms with Crippen molar-refractivity contribution < 1.29 is 19.1 Å². The Hall–Kier alpha value is -4.35. The van der Waals surface area contributed by atoms with Crippen LogP contribution in [0, 0.1) is 17.2 Å². The van der Waals surface area contributed by atoms with Crippen molar-refractivity contribution >= 4 is 29.6 Å². The maximum atomic E-state index is 12.8. The van der Waals surface area contributed by atoms with Crippen molar-refractivity contribution in [1.82, 2.24) is 10.7 Å². The Kier molecular flexibility index (Phi) is 10.3. The third kappa shape index (κ3) is 7.58. The average Bonchev–Trinajstić information content (AvgIpc) is 2.91. The summed E-state index contributed by atoms with van der Waals surface area (Å²) < 4.78 is 11.6. The van der Waals surface area contributed by atoms with Crippen molar-refractivity contribution in [2.45, 2.75) is 33.4 Å². The minimum Gasteiger partial charge on any atom is -0.490 e. The van der Waals surface area contributed by atoms with Crippen LogP contribution in [0.15, 0.2) is 71.8 Å². The van der Waals surface area contributed by atoms with Crippen LogP contribution in [0.4, 0.5) is 0 Å². The number of ether oxygens (including phenoxy) is 2. The van der Waals surface area contributed by atoms with E-state index in [2.05, 4.69) is 21.9 Å². The number of nitriles is 1. The SMILES string of the molecule is CCOc1cc(C=NNC(=O)C(NC(=O)c2ccccc2Cl)C(C)C)ccc1OCc1ccccc1C#N. The van der Waals surface area contributed by atoms with Gasteiger partial charge in [0.05, 0.1) is 35.0 Å². The van der Waals surface area contributed by atoms with E-state index in [4.69, 9.17) is 21.1 Å². The molecular weight excluding hydrogens is 504 g/mol. The fourth-order valence-corrected chi connectivity index (χ4v) is 3.76. The lowest BCUT2D eigenvalue weighted by Crippen LogP contribution is -2.48. The second-order valence-electron chi connectivity index (χ2n) is 8.61. The van der Waals surface area contributed by atoms with Crippen LogP contribution in [0.25, 0.3) is 0 Å². The van der Waals surface area contributed by atoms with Crippen LogP contribution in [-0.2, 0) is 11.4 Å². The normalized spacial score (nSPS) is 11.6. The molecule has 0 bridgehead atoms. The summed E-state index contributed by atoms with van der Waals surface area (Å²) in [5, 5.41) is 16.4. The van der Waals surface area contributed by atoms with Crippen molar-refractivity contribution in [2.75, 3.05) is 6.61 Å². The number of nitrogens with one attached hydrogen (secondary N) is 2. The van der Waals surface area contributed by atoms with Gasteiger partial charge < -0.3 is 14.8 Å². The average molecular weight is 533 g/mol. The number of hydrazone groups is 1. The zero-order valence-electron chi connectivity index (χ0n) is 21.4. The van der Waals surface area contributed by atoms with Crippen LogP contribution in [0.5, 0.6) is 11.5 Å². The van der Waals surface area contributed by atoms with E-state index in [0.717, 1.165) is 5.56 Å². The Morgan fingerprint density at radius 3 is 2.50 bits per heavy atom. The van der Waals surface area contributed by atoms with Crippen LogP contribution >= 0.6 is 11.6 Å². The molecule has 0 heterocycles. The van der Waals surface area contributed by atoms with Gasteiger partial charge in [0.15, 0.2) is 11.5 Å². The predicted molar refractivity (Wildman–Crippen MR) is 146 cm³/mol. The highest BCUT2D eigenvalue weighted by Crippen LogP contribution is 2.29. The molecule has 3 aromatic rings. The Labute approximate surface area is 227 Å². The summed E-state index contributed by atoms with van der Waals surface area (Å²) >= 11 is 6.11. The third-order valence-corrected chi connectivity index (χ3v) is 5.86. The molecular formula is C29H29ClN4O4. The molecule has 0 fully saturated rings. The standard InChI is InChI=1S/C29H29ClN4O4/c1-4-37-26-15-20(13-14-25(26)38-18-22-10-6-5-9-21(22)16-31)17-32-34-29(36)27(19(2)3)33-28(35)23-11-7-8-12-24(23)30/h5-15,17,19,27H,4,18H2,1-3H3,(H,33,35)(H,34,36). The third-order valence-electron chi connectivity index (χ3n) is 5.53. The fourth-order valence-electron chi connectivity index (χ4n) is 3.54. The van der Waals surface area contributed by atoms with Gasteiger partial charge in [-0.1, -0.05) is 55.8 Å². The van der Waals surface area contributed by atoms with Gasteiger partial charge >= 0.3 is 0 Å². The van der Waals surface area contributed by atoms with E-state index >= 15 is 0 Å². The number of carbonyl (C=O) groups excluding carboxylic acids is 2. The first-order valence-corrected chi connectivity index (χ1v) is 12.5. The smallest absolute Gasteiger partial charge is 0.262 e. The van der Waals surface area contributed by atoms with Crippen molar-refractivity contribution in [3.05, 3.63) is 94.0 Å². The minimum absolute atomic E-state index is 0.191. The lowest BCUT2D eigenvalue weighted by atomic mass is 10.0. The van der Waals surface area contributed by atoms with Gasteiger partial charge in [0, 0.05) is 5.56 Å². The molecule has 0 saturated carbocycles. The van der Waals surface area contributed by atoms with E-state index in [1.54, 1.807) is 54.6 Å². The van der Waals surface area contributed by atoms with E-state index in [1.165, 1.54) is 6.21 Å². The summed E-state index contributed by atoms with van der Waals surface area (Å²) in [5.74, 6) is -0.0726. The van der Waals surface area contributed by atoms with Crippen LogP contribution in [0.1, 0.15) is 47.8 Å². The van der Waals surface area contributed by atoms with E-state index in [9.17, 15) is 14.9 Å². The van der Waals surface area contributed by atoms with Gasteiger partial charge in [0.1, 0.15) is 12.6 Å². The molecule has 0 aromatic heterocycles. The Morgan fingerprint density at radius 2 is 1.79 bits per heavy atom. The first-order valence-electron chi connectivity index (χ1n) is 12.1. The second kappa shape index (κ2) is 13.8. The first-order chi connectivity index (χ1) is 18.3. The number of benzene rings is 3. The number of halogens is 1. The summed E-state index contributed by atoms with van der Waals surface area (Å²) in [5.41, 5.74) is 4.77. The van der Waals surface area contributed by atoms with E-state index in [0.29, 0.717) is 34.3 Å². The van der Waals surface area contributed by atoms with Gasteiger partial charge in [0.25, 0.3) is 11.8 Å². The molecule has 0 aliphatic rings. The van der Waals surface area contributed by atoms with Crippen molar-refractivity contribution in [3.8, 4) is 17.6 Å². The molecule has 0 saturated heterocycles. The zero-order valence-corrected chi connectivity index (χ0v) is 22.2. The van der Waals surface area contributed by atoms with Gasteiger partial charge in [-0.2, -0.15) is 10.4 Å². The van der Waals surface area contributed by atoms with E-state index in [1.807, 2.05) is 32.9 Å². The minimum atomic E-state index is -0.818.